The molecule has 0 aromatic heterocycles. The fourth-order valence-corrected chi connectivity index (χ4v) is 3.08. The molecule has 2 fully saturated rings. The number of ether oxygens (including phenoxy) is 1. The maximum atomic E-state index is 12.9. The van der Waals surface area contributed by atoms with E-state index in [0.717, 1.165) is 24.2 Å². The van der Waals surface area contributed by atoms with Crippen molar-refractivity contribution in [2.45, 2.75) is 25.4 Å². The molecule has 6 nitrogen and oxygen atoms in total. The molecule has 2 heterocycles. The number of alkyl halides is 3. The smallest absolute Gasteiger partial charge is 0.394 e. The minimum Gasteiger partial charge on any atom is -0.481 e. The second-order valence-corrected chi connectivity index (χ2v) is 6.07. The molecule has 2 atom stereocenters. The molecule has 23 heavy (non-hydrogen) atoms. The summed E-state index contributed by atoms with van der Waals surface area (Å²) in [4.78, 5) is 23.9. The lowest BCUT2D eigenvalue weighted by atomic mass is 9.96. The first-order valence-electron chi connectivity index (χ1n) is 7.69. The molecule has 0 aromatic rings. The molecule has 2 saturated heterocycles. The van der Waals surface area contributed by atoms with Gasteiger partial charge in [-0.3, -0.25) is 4.79 Å². The van der Waals surface area contributed by atoms with Crippen LogP contribution in [-0.2, 0) is 9.53 Å². The van der Waals surface area contributed by atoms with Crippen molar-refractivity contribution in [3.63, 3.8) is 0 Å². The molecule has 2 N–H and O–H groups in total. The Labute approximate surface area is 132 Å². The number of nitrogens with one attached hydrogen (secondary N) is 1. The first kappa shape index (κ1) is 17.8. The van der Waals surface area contributed by atoms with Crippen molar-refractivity contribution in [2.24, 2.45) is 17.8 Å². The quantitative estimate of drug-likeness (QED) is 0.818. The van der Waals surface area contributed by atoms with Crippen molar-refractivity contribution >= 4 is 12.0 Å². The third kappa shape index (κ3) is 4.73. The molecule has 0 spiro atoms. The van der Waals surface area contributed by atoms with Crippen LogP contribution in [-0.4, -0.2) is 61.0 Å². The molecular formula is C14H21F3N2O4. The van der Waals surface area contributed by atoms with Gasteiger partial charge in [-0.1, -0.05) is 0 Å². The highest BCUT2D eigenvalue weighted by Crippen LogP contribution is 2.37. The summed E-state index contributed by atoms with van der Waals surface area (Å²) in [7, 11) is 0. The van der Waals surface area contributed by atoms with Gasteiger partial charge in [-0.25, -0.2) is 4.79 Å². The molecule has 9 heteroatoms. The number of hydrogen-bond acceptors (Lipinski definition) is 3. The molecule has 2 rings (SSSR count). The van der Waals surface area contributed by atoms with Crippen LogP contribution in [0.5, 0.6) is 0 Å². The van der Waals surface area contributed by atoms with Gasteiger partial charge in [-0.2, -0.15) is 13.2 Å². The van der Waals surface area contributed by atoms with E-state index in [0.29, 0.717) is 25.7 Å². The van der Waals surface area contributed by atoms with Gasteiger partial charge in [-0.15, -0.1) is 0 Å². The second kappa shape index (κ2) is 7.37. The number of likely N-dealkylation sites (tertiary alicyclic amines) is 1. The lowest BCUT2D eigenvalue weighted by molar-refractivity contribution is -0.187. The van der Waals surface area contributed by atoms with E-state index >= 15 is 0 Å². The molecule has 2 aliphatic rings. The van der Waals surface area contributed by atoms with E-state index in [1.54, 1.807) is 0 Å². The number of carbonyl (C=O) groups excluding carboxylic acids is 1. The summed E-state index contributed by atoms with van der Waals surface area (Å²) < 4.78 is 43.8. The Hall–Kier alpha value is -1.51. The molecule has 2 aliphatic heterocycles. The number of halogens is 3. The minimum absolute atomic E-state index is 0.369. The Kier molecular flexibility index (Phi) is 5.72. The van der Waals surface area contributed by atoms with Gasteiger partial charge in [0.25, 0.3) is 0 Å². The van der Waals surface area contributed by atoms with Crippen molar-refractivity contribution in [1.82, 2.24) is 10.2 Å². The third-order valence-electron chi connectivity index (χ3n) is 4.51. The first-order valence-corrected chi connectivity index (χ1v) is 7.69. The molecule has 132 valence electrons. The number of hydrogen-bond donors (Lipinski definition) is 2. The van der Waals surface area contributed by atoms with Crippen LogP contribution in [0.2, 0.25) is 0 Å². The zero-order valence-corrected chi connectivity index (χ0v) is 12.6. The SMILES string of the molecule is O=C(O)[C@@H]1CN(C(=O)NCCC2CCOCC2)C[C@H]1C(F)(F)F. The summed E-state index contributed by atoms with van der Waals surface area (Å²) in [5.74, 6) is -4.69. The van der Waals surface area contributed by atoms with Gasteiger partial charge in [0.1, 0.15) is 0 Å². The molecule has 0 aliphatic carbocycles. The van der Waals surface area contributed by atoms with Crippen LogP contribution < -0.4 is 5.32 Å². The van der Waals surface area contributed by atoms with E-state index in [9.17, 15) is 22.8 Å². The number of carbonyl (C=O) groups is 2. The Bertz CT molecular complexity index is 438. The molecule has 2 amide bonds. The molecule has 0 bridgehead atoms. The van der Waals surface area contributed by atoms with Crippen molar-refractivity contribution in [2.75, 3.05) is 32.8 Å². The monoisotopic (exact) mass is 338 g/mol. The van der Waals surface area contributed by atoms with Gasteiger partial charge < -0.3 is 20.1 Å². The number of urea groups is 1. The average molecular weight is 338 g/mol. The van der Waals surface area contributed by atoms with Crippen molar-refractivity contribution in [3.8, 4) is 0 Å². The maximum Gasteiger partial charge on any atom is 0.394 e. The topological polar surface area (TPSA) is 78.9 Å². The van der Waals surface area contributed by atoms with E-state index in [1.165, 1.54) is 0 Å². The largest absolute Gasteiger partial charge is 0.481 e. The van der Waals surface area contributed by atoms with Crippen LogP contribution in [0.1, 0.15) is 19.3 Å². The highest BCUT2D eigenvalue weighted by atomic mass is 19.4. The fraction of sp³-hybridized carbons (Fsp3) is 0.857. The Morgan fingerprint density at radius 2 is 1.87 bits per heavy atom. The summed E-state index contributed by atoms with van der Waals surface area (Å²) in [5, 5.41) is 11.5. The van der Waals surface area contributed by atoms with Gasteiger partial charge in [-0.05, 0) is 25.2 Å². The molecule has 0 aromatic carbocycles. The van der Waals surface area contributed by atoms with Crippen LogP contribution in [0.25, 0.3) is 0 Å². The fourth-order valence-electron chi connectivity index (χ4n) is 3.08. The number of carboxylic acids is 1. The van der Waals surface area contributed by atoms with Crippen LogP contribution in [0.4, 0.5) is 18.0 Å². The van der Waals surface area contributed by atoms with Crippen molar-refractivity contribution < 1.29 is 32.6 Å². The lowest BCUT2D eigenvalue weighted by Crippen LogP contribution is -2.40. The number of amides is 2. The summed E-state index contributed by atoms with van der Waals surface area (Å²) in [6.45, 7) is 0.733. The predicted octanol–water partition coefficient (Wildman–Crippen LogP) is 1.71. The number of rotatable bonds is 4. The second-order valence-electron chi connectivity index (χ2n) is 6.07. The van der Waals surface area contributed by atoms with Crippen LogP contribution in [0.15, 0.2) is 0 Å². The number of carboxylic acid groups (broad SMARTS) is 1. The molecular weight excluding hydrogens is 317 g/mol. The third-order valence-corrected chi connectivity index (χ3v) is 4.51. The van der Waals surface area contributed by atoms with E-state index in [1.807, 2.05) is 0 Å². The standard InChI is InChI=1S/C14H21F3N2O4/c15-14(16,17)11-8-19(7-10(11)12(20)21)13(22)18-4-1-9-2-5-23-6-3-9/h9-11H,1-8H2,(H,18,22)(H,20,21)/t10-,11-/m1/s1. The van der Waals surface area contributed by atoms with Crippen molar-refractivity contribution in [3.05, 3.63) is 0 Å². The number of aliphatic carboxylic acids is 1. The van der Waals surface area contributed by atoms with Crippen molar-refractivity contribution in [1.29, 1.82) is 0 Å². The summed E-state index contributed by atoms with van der Waals surface area (Å²) in [6, 6.07) is -0.630. The lowest BCUT2D eigenvalue weighted by Gasteiger charge is -2.23. The minimum atomic E-state index is -4.62. The van der Waals surface area contributed by atoms with Gasteiger partial charge >= 0.3 is 18.2 Å². The van der Waals surface area contributed by atoms with Crippen LogP contribution in [0, 0.1) is 17.8 Å². The summed E-state index contributed by atoms with van der Waals surface area (Å²) in [5.41, 5.74) is 0. The molecule has 0 saturated carbocycles. The van der Waals surface area contributed by atoms with Gasteiger partial charge in [0.2, 0.25) is 0 Å². The van der Waals surface area contributed by atoms with E-state index < -0.39 is 43.1 Å². The molecule has 0 unspecified atom stereocenters. The van der Waals surface area contributed by atoms with Gasteiger partial charge in [0.05, 0.1) is 11.8 Å². The van der Waals surface area contributed by atoms with E-state index in [-0.39, 0.29) is 0 Å². The summed E-state index contributed by atoms with van der Waals surface area (Å²) in [6.07, 6.45) is -2.05. The van der Waals surface area contributed by atoms with Crippen LogP contribution >= 0.6 is 0 Å². The predicted molar refractivity (Wildman–Crippen MR) is 73.8 cm³/mol. The zero-order chi connectivity index (χ0) is 17.0. The van der Waals surface area contributed by atoms with Gasteiger partial charge in [0, 0.05) is 32.8 Å². The maximum absolute atomic E-state index is 12.9. The zero-order valence-electron chi connectivity index (χ0n) is 12.6. The Morgan fingerprint density at radius 1 is 1.22 bits per heavy atom. The summed E-state index contributed by atoms with van der Waals surface area (Å²) >= 11 is 0. The Balaban J connectivity index is 1.81. The Morgan fingerprint density at radius 3 is 2.39 bits per heavy atom. The number of nitrogens with zero attached hydrogens (tertiary/aromatic N) is 1. The molecule has 0 radical (unpaired) electrons. The highest BCUT2D eigenvalue weighted by Gasteiger charge is 2.53. The first-order chi connectivity index (χ1) is 10.8. The van der Waals surface area contributed by atoms with E-state index in [4.69, 9.17) is 9.84 Å². The van der Waals surface area contributed by atoms with E-state index in [2.05, 4.69) is 5.32 Å². The average Bonchev–Trinajstić information content (AvgIpc) is 2.94. The normalized spacial score (nSPS) is 26.3. The van der Waals surface area contributed by atoms with Gasteiger partial charge in [0.15, 0.2) is 0 Å². The highest BCUT2D eigenvalue weighted by molar-refractivity contribution is 5.77. The van der Waals surface area contributed by atoms with Crippen LogP contribution in [0.3, 0.4) is 0 Å².